The lowest BCUT2D eigenvalue weighted by Crippen LogP contribution is -2.23. The van der Waals surface area contributed by atoms with Crippen LogP contribution < -0.4 is 14.8 Å². The fourth-order valence-electron chi connectivity index (χ4n) is 4.33. The van der Waals surface area contributed by atoms with Crippen LogP contribution in [-0.4, -0.2) is 34.4 Å². The molecular formula is C28H32N4O3. The highest BCUT2D eigenvalue weighted by molar-refractivity contribution is 5.86. The fourth-order valence-corrected chi connectivity index (χ4v) is 4.33. The first-order chi connectivity index (χ1) is 16.9. The molecule has 4 aromatic rings. The van der Waals surface area contributed by atoms with Gasteiger partial charge in [0.25, 0.3) is 0 Å². The van der Waals surface area contributed by atoms with E-state index in [0.717, 1.165) is 44.9 Å². The summed E-state index contributed by atoms with van der Waals surface area (Å²) in [5.41, 5.74) is 6.70. The molecule has 0 aliphatic rings. The zero-order valence-corrected chi connectivity index (χ0v) is 21.0. The van der Waals surface area contributed by atoms with Gasteiger partial charge in [0.05, 0.1) is 25.1 Å². The van der Waals surface area contributed by atoms with Gasteiger partial charge in [0.15, 0.2) is 5.65 Å². The van der Waals surface area contributed by atoms with Crippen molar-refractivity contribution in [1.82, 2.24) is 20.1 Å². The Hall–Kier alpha value is -3.87. The van der Waals surface area contributed by atoms with Crippen molar-refractivity contribution in [3.8, 4) is 17.3 Å². The Morgan fingerprint density at radius 3 is 2.51 bits per heavy atom. The number of nitrogens with zero attached hydrogens (tertiary/aromatic N) is 3. The summed E-state index contributed by atoms with van der Waals surface area (Å²) in [6, 6.07) is 15.9. The average Bonchev–Trinajstić information content (AvgIpc) is 3.19. The van der Waals surface area contributed by atoms with E-state index in [-0.39, 0.29) is 5.91 Å². The van der Waals surface area contributed by atoms with E-state index in [9.17, 15) is 4.79 Å². The molecule has 2 aromatic carbocycles. The molecule has 182 valence electrons. The highest BCUT2D eigenvalue weighted by Crippen LogP contribution is 2.32. The quantitative estimate of drug-likeness (QED) is 0.371. The first kappa shape index (κ1) is 24.3. The summed E-state index contributed by atoms with van der Waals surface area (Å²) < 4.78 is 13.2. The number of methoxy groups -OCH3 is 1. The first-order valence-electron chi connectivity index (χ1n) is 11.9. The topological polar surface area (TPSA) is 78.3 Å². The standard InChI is InChI=1S/C28H32N4O3/c1-6-35-24-10-8-7-9-21(24)17-29-25(33)16-15-23-19(3)26-20(4)31-32(27(26)30-28(23)34-5)22-13-11-18(2)12-14-22/h7-14H,6,15-17H2,1-5H3,(H,29,33). The van der Waals surface area contributed by atoms with Gasteiger partial charge in [-0.15, -0.1) is 0 Å². The van der Waals surface area contributed by atoms with Gasteiger partial charge in [0, 0.05) is 29.5 Å². The minimum absolute atomic E-state index is 0.0371. The largest absolute Gasteiger partial charge is 0.494 e. The summed E-state index contributed by atoms with van der Waals surface area (Å²) in [6.07, 6.45) is 0.846. The van der Waals surface area contributed by atoms with E-state index in [1.807, 2.05) is 61.9 Å². The molecule has 1 N–H and O–H groups in total. The van der Waals surface area contributed by atoms with Crippen molar-refractivity contribution >= 4 is 16.9 Å². The van der Waals surface area contributed by atoms with E-state index in [1.165, 1.54) is 5.56 Å². The number of hydrogen-bond acceptors (Lipinski definition) is 5. The monoisotopic (exact) mass is 472 g/mol. The van der Waals surface area contributed by atoms with E-state index in [4.69, 9.17) is 19.6 Å². The maximum Gasteiger partial charge on any atom is 0.220 e. The van der Waals surface area contributed by atoms with Gasteiger partial charge in [0.2, 0.25) is 11.8 Å². The molecule has 0 radical (unpaired) electrons. The van der Waals surface area contributed by atoms with E-state index >= 15 is 0 Å². The Bertz CT molecular complexity index is 1340. The summed E-state index contributed by atoms with van der Waals surface area (Å²) in [4.78, 5) is 17.5. The maximum absolute atomic E-state index is 12.7. The van der Waals surface area contributed by atoms with Crippen LogP contribution in [-0.2, 0) is 17.8 Å². The molecule has 0 spiro atoms. The van der Waals surface area contributed by atoms with Gasteiger partial charge in [-0.2, -0.15) is 10.1 Å². The van der Waals surface area contributed by atoms with Gasteiger partial charge >= 0.3 is 0 Å². The fraction of sp³-hybridized carbons (Fsp3) is 0.321. The third-order valence-corrected chi connectivity index (χ3v) is 6.15. The van der Waals surface area contributed by atoms with Crippen LogP contribution in [0.15, 0.2) is 48.5 Å². The summed E-state index contributed by atoms with van der Waals surface area (Å²) in [7, 11) is 1.61. The Kier molecular flexibility index (Phi) is 7.34. The third kappa shape index (κ3) is 5.14. The number of ether oxygens (including phenoxy) is 2. The second kappa shape index (κ2) is 10.6. The number of carbonyl (C=O) groups excluding carboxylic acids is 1. The number of fused-ring (bicyclic) bond motifs is 1. The van der Waals surface area contributed by atoms with Gasteiger partial charge in [0.1, 0.15) is 5.75 Å². The summed E-state index contributed by atoms with van der Waals surface area (Å²) in [5.74, 6) is 1.28. The number of amides is 1. The normalized spacial score (nSPS) is 11.0. The molecule has 0 unspecified atom stereocenters. The van der Waals surface area contributed by atoms with Gasteiger partial charge < -0.3 is 14.8 Å². The Morgan fingerprint density at radius 2 is 1.80 bits per heavy atom. The number of para-hydroxylation sites is 1. The van der Waals surface area contributed by atoms with E-state index in [2.05, 4.69) is 24.4 Å². The second-order valence-electron chi connectivity index (χ2n) is 8.57. The summed E-state index contributed by atoms with van der Waals surface area (Å²) in [6.45, 7) is 9.04. The number of benzene rings is 2. The number of carbonyl (C=O) groups is 1. The molecule has 7 heteroatoms. The van der Waals surface area contributed by atoms with Crippen molar-refractivity contribution in [2.45, 2.75) is 47.1 Å². The molecule has 2 aromatic heterocycles. The molecule has 0 saturated carbocycles. The van der Waals surface area contributed by atoms with Gasteiger partial charge in [-0.25, -0.2) is 4.68 Å². The van der Waals surface area contributed by atoms with Crippen molar-refractivity contribution in [3.63, 3.8) is 0 Å². The van der Waals surface area contributed by atoms with Crippen LogP contribution in [0.2, 0.25) is 0 Å². The SMILES string of the molecule is CCOc1ccccc1CNC(=O)CCc1c(OC)nc2c(c(C)nn2-c2ccc(C)cc2)c1C. The Morgan fingerprint density at radius 1 is 1.06 bits per heavy atom. The zero-order valence-electron chi connectivity index (χ0n) is 21.0. The Balaban J connectivity index is 1.54. The van der Waals surface area contributed by atoms with E-state index in [1.54, 1.807) is 7.11 Å². The van der Waals surface area contributed by atoms with Crippen molar-refractivity contribution < 1.29 is 14.3 Å². The van der Waals surface area contributed by atoms with Crippen molar-refractivity contribution in [2.75, 3.05) is 13.7 Å². The summed E-state index contributed by atoms with van der Waals surface area (Å²) in [5, 5.41) is 8.76. The van der Waals surface area contributed by atoms with Crippen LogP contribution in [0.5, 0.6) is 11.6 Å². The molecule has 0 saturated heterocycles. The lowest BCUT2D eigenvalue weighted by molar-refractivity contribution is -0.121. The lowest BCUT2D eigenvalue weighted by atomic mass is 10.0. The third-order valence-electron chi connectivity index (χ3n) is 6.15. The molecule has 7 nitrogen and oxygen atoms in total. The predicted molar refractivity (Wildman–Crippen MR) is 137 cm³/mol. The van der Waals surface area contributed by atoms with Crippen LogP contribution in [0.25, 0.3) is 16.7 Å². The lowest BCUT2D eigenvalue weighted by Gasteiger charge is -2.14. The average molecular weight is 473 g/mol. The molecule has 0 atom stereocenters. The molecule has 0 fully saturated rings. The minimum atomic E-state index is -0.0371. The van der Waals surface area contributed by atoms with Crippen LogP contribution in [0.4, 0.5) is 0 Å². The van der Waals surface area contributed by atoms with Gasteiger partial charge in [-0.1, -0.05) is 35.9 Å². The molecule has 1 amide bonds. The molecule has 35 heavy (non-hydrogen) atoms. The van der Waals surface area contributed by atoms with Crippen LogP contribution in [0, 0.1) is 20.8 Å². The van der Waals surface area contributed by atoms with Gasteiger partial charge in [-0.05, 0) is 57.9 Å². The smallest absolute Gasteiger partial charge is 0.220 e. The number of aryl methyl sites for hydroxylation is 3. The minimum Gasteiger partial charge on any atom is -0.494 e. The molecule has 0 bridgehead atoms. The summed E-state index contributed by atoms with van der Waals surface area (Å²) >= 11 is 0. The second-order valence-corrected chi connectivity index (χ2v) is 8.57. The highest BCUT2D eigenvalue weighted by atomic mass is 16.5. The molecule has 2 heterocycles. The number of hydrogen-bond donors (Lipinski definition) is 1. The van der Waals surface area contributed by atoms with Crippen LogP contribution in [0.1, 0.15) is 41.3 Å². The van der Waals surface area contributed by atoms with Crippen molar-refractivity contribution in [1.29, 1.82) is 0 Å². The highest BCUT2D eigenvalue weighted by Gasteiger charge is 2.20. The predicted octanol–water partition coefficient (Wildman–Crippen LogP) is 5.00. The van der Waals surface area contributed by atoms with Gasteiger partial charge in [-0.3, -0.25) is 4.79 Å². The number of pyridine rings is 1. The number of nitrogens with one attached hydrogen (secondary N) is 1. The van der Waals surface area contributed by atoms with E-state index in [0.29, 0.717) is 31.9 Å². The molecule has 0 aliphatic heterocycles. The van der Waals surface area contributed by atoms with Crippen molar-refractivity contribution in [3.05, 3.63) is 76.5 Å². The molecule has 0 aliphatic carbocycles. The number of aromatic nitrogens is 3. The van der Waals surface area contributed by atoms with Crippen molar-refractivity contribution in [2.24, 2.45) is 0 Å². The first-order valence-corrected chi connectivity index (χ1v) is 11.9. The zero-order chi connectivity index (χ0) is 24.9. The maximum atomic E-state index is 12.7. The Labute approximate surface area is 206 Å². The number of rotatable bonds is 9. The van der Waals surface area contributed by atoms with E-state index < -0.39 is 0 Å². The molecular weight excluding hydrogens is 440 g/mol. The molecule has 4 rings (SSSR count). The van der Waals surface area contributed by atoms with Crippen LogP contribution in [0.3, 0.4) is 0 Å². The van der Waals surface area contributed by atoms with Crippen LogP contribution >= 0.6 is 0 Å².